The number of rotatable bonds is 6. The average molecular weight is 424 g/mol. The SMILES string of the molecule is CC1(C)S[C@@H]2[C@@H](NC(=O)/C(=N\OCC#N)c3csc(N)n3)C(=O)N2[C@H]1C(=O)O. The molecule has 0 aliphatic carbocycles. The fourth-order valence-electron chi connectivity index (χ4n) is 3.08. The highest BCUT2D eigenvalue weighted by Gasteiger charge is 2.64. The zero-order valence-electron chi connectivity index (χ0n) is 14.8. The van der Waals surface area contributed by atoms with Crippen LogP contribution in [0.2, 0.25) is 0 Å². The van der Waals surface area contributed by atoms with E-state index < -0.39 is 40.0 Å². The number of carbonyl (C=O) groups excluding carboxylic acids is 2. The number of carboxylic acids is 1. The van der Waals surface area contributed by atoms with E-state index in [0.29, 0.717) is 0 Å². The van der Waals surface area contributed by atoms with Gasteiger partial charge in [-0.2, -0.15) is 5.26 Å². The van der Waals surface area contributed by atoms with Crippen LogP contribution in [-0.4, -0.2) is 67.3 Å². The van der Waals surface area contributed by atoms with Crippen LogP contribution in [0.1, 0.15) is 19.5 Å². The van der Waals surface area contributed by atoms with E-state index in [1.807, 2.05) is 0 Å². The lowest BCUT2D eigenvalue weighted by molar-refractivity contribution is -0.160. The molecule has 28 heavy (non-hydrogen) atoms. The van der Waals surface area contributed by atoms with Crippen LogP contribution >= 0.6 is 23.1 Å². The van der Waals surface area contributed by atoms with Gasteiger partial charge in [-0.25, -0.2) is 9.78 Å². The van der Waals surface area contributed by atoms with E-state index in [9.17, 15) is 19.5 Å². The molecule has 2 amide bonds. The van der Waals surface area contributed by atoms with Gasteiger partial charge in [-0.3, -0.25) is 9.59 Å². The quantitative estimate of drug-likeness (QED) is 0.238. The number of carboxylic acid groups (broad SMARTS) is 1. The summed E-state index contributed by atoms with van der Waals surface area (Å²) in [5, 5.41) is 25.4. The van der Waals surface area contributed by atoms with E-state index >= 15 is 0 Å². The van der Waals surface area contributed by atoms with Crippen LogP contribution in [0.3, 0.4) is 0 Å². The number of hydrogen-bond donors (Lipinski definition) is 3. The first-order valence-corrected chi connectivity index (χ1v) is 9.75. The van der Waals surface area contributed by atoms with E-state index in [1.54, 1.807) is 19.9 Å². The molecule has 1 aromatic rings. The highest BCUT2D eigenvalue weighted by Crippen LogP contribution is 2.50. The Morgan fingerprint density at radius 2 is 2.29 bits per heavy atom. The predicted octanol–water partition coefficient (Wildman–Crippen LogP) is -0.399. The van der Waals surface area contributed by atoms with Gasteiger partial charge in [0.25, 0.3) is 5.91 Å². The second kappa shape index (κ2) is 7.28. The van der Waals surface area contributed by atoms with E-state index in [-0.39, 0.29) is 23.1 Å². The van der Waals surface area contributed by atoms with Crippen molar-refractivity contribution in [2.75, 3.05) is 12.3 Å². The van der Waals surface area contributed by atoms with Crippen molar-refractivity contribution in [3.63, 3.8) is 0 Å². The Kier molecular flexibility index (Phi) is 5.18. The zero-order valence-corrected chi connectivity index (χ0v) is 16.4. The monoisotopic (exact) mass is 424 g/mol. The van der Waals surface area contributed by atoms with Crippen molar-refractivity contribution in [3.05, 3.63) is 11.1 Å². The smallest absolute Gasteiger partial charge is 0.327 e. The van der Waals surface area contributed by atoms with Gasteiger partial charge in [0.1, 0.15) is 29.2 Å². The Hall–Kier alpha value is -2.85. The third-order valence-electron chi connectivity index (χ3n) is 4.23. The number of amides is 2. The summed E-state index contributed by atoms with van der Waals surface area (Å²) in [6, 6.07) is -0.162. The van der Waals surface area contributed by atoms with Crippen LogP contribution in [0.15, 0.2) is 10.5 Å². The van der Waals surface area contributed by atoms with Gasteiger partial charge >= 0.3 is 5.97 Å². The fourth-order valence-corrected chi connectivity index (χ4v) is 5.25. The standard InChI is InChI=1S/C15H16N6O5S2/c1-15(2)9(13(24)25)21-11(23)8(12(21)28-15)19-10(22)7(20-26-4-3-16)6-5-27-14(17)18-6/h5,8-9,12H,4H2,1-2H3,(H2,17,18)(H,19,22)(H,24,25)/b20-7-/t8-,9-,12+/m0/s1. The number of nitriles is 1. The number of nitrogens with zero attached hydrogens (tertiary/aromatic N) is 4. The molecule has 0 saturated carbocycles. The number of carbonyl (C=O) groups is 3. The summed E-state index contributed by atoms with van der Waals surface area (Å²) in [6.45, 7) is 3.10. The van der Waals surface area contributed by atoms with Crippen molar-refractivity contribution in [2.24, 2.45) is 5.16 Å². The summed E-state index contributed by atoms with van der Waals surface area (Å²) < 4.78 is -0.707. The van der Waals surface area contributed by atoms with E-state index in [0.717, 1.165) is 11.3 Å². The van der Waals surface area contributed by atoms with Gasteiger partial charge in [-0.15, -0.1) is 23.1 Å². The normalized spacial score (nSPS) is 25.5. The summed E-state index contributed by atoms with van der Waals surface area (Å²) in [7, 11) is 0. The zero-order chi connectivity index (χ0) is 20.6. The Morgan fingerprint density at radius 3 is 2.86 bits per heavy atom. The molecule has 0 radical (unpaired) electrons. The van der Waals surface area contributed by atoms with Gasteiger partial charge in [-0.1, -0.05) is 5.16 Å². The number of fused-ring (bicyclic) bond motifs is 1. The van der Waals surface area contributed by atoms with Crippen molar-refractivity contribution in [2.45, 2.75) is 36.1 Å². The van der Waals surface area contributed by atoms with Crippen molar-refractivity contribution in [1.82, 2.24) is 15.2 Å². The number of nitrogens with one attached hydrogen (secondary N) is 1. The van der Waals surface area contributed by atoms with Crippen molar-refractivity contribution < 1.29 is 24.3 Å². The van der Waals surface area contributed by atoms with Crippen LogP contribution in [0.4, 0.5) is 5.13 Å². The van der Waals surface area contributed by atoms with Gasteiger partial charge < -0.3 is 25.9 Å². The number of thioether (sulfide) groups is 1. The maximum absolute atomic E-state index is 12.7. The first-order chi connectivity index (χ1) is 13.2. The molecule has 2 fully saturated rings. The molecule has 2 saturated heterocycles. The van der Waals surface area contributed by atoms with Crippen LogP contribution < -0.4 is 11.1 Å². The molecule has 2 aliphatic heterocycles. The van der Waals surface area contributed by atoms with Gasteiger partial charge in [0.2, 0.25) is 12.5 Å². The molecule has 13 heteroatoms. The Bertz CT molecular complexity index is 907. The average Bonchev–Trinajstić information content (AvgIpc) is 3.15. The first-order valence-electron chi connectivity index (χ1n) is 7.99. The fraction of sp³-hybridized carbons (Fsp3) is 0.467. The number of aliphatic carboxylic acids is 1. The van der Waals surface area contributed by atoms with Crippen molar-refractivity contribution in [1.29, 1.82) is 5.26 Å². The maximum atomic E-state index is 12.7. The summed E-state index contributed by atoms with van der Waals surface area (Å²) in [5.74, 6) is -2.32. The van der Waals surface area contributed by atoms with Crippen LogP contribution in [0.25, 0.3) is 0 Å². The lowest BCUT2D eigenvalue weighted by Crippen LogP contribution is -2.71. The number of anilines is 1. The molecule has 0 bridgehead atoms. The van der Waals surface area contributed by atoms with Gasteiger partial charge in [0, 0.05) is 10.1 Å². The number of oxime groups is 1. The third kappa shape index (κ3) is 3.36. The van der Waals surface area contributed by atoms with Crippen molar-refractivity contribution >= 4 is 51.7 Å². The second-order valence-electron chi connectivity index (χ2n) is 6.49. The molecular weight excluding hydrogens is 408 g/mol. The highest BCUT2D eigenvalue weighted by molar-refractivity contribution is 8.01. The van der Waals surface area contributed by atoms with Gasteiger partial charge in [0.15, 0.2) is 10.8 Å². The molecule has 3 heterocycles. The number of nitrogen functional groups attached to an aromatic ring is 1. The number of thiazole rings is 1. The molecule has 0 spiro atoms. The minimum Gasteiger partial charge on any atom is -0.480 e. The summed E-state index contributed by atoms with van der Waals surface area (Å²) in [6.07, 6.45) is 0. The maximum Gasteiger partial charge on any atom is 0.327 e. The molecule has 2 aliphatic rings. The molecule has 148 valence electrons. The largest absolute Gasteiger partial charge is 0.480 e. The Morgan fingerprint density at radius 1 is 1.57 bits per heavy atom. The molecule has 3 atom stereocenters. The van der Waals surface area contributed by atoms with Crippen LogP contribution in [0, 0.1) is 11.3 Å². The minimum atomic E-state index is -1.09. The number of β-lactam (4-membered cyclic amide) rings is 1. The summed E-state index contributed by atoms with van der Waals surface area (Å²) in [4.78, 5) is 46.7. The predicted molar refractivity (Wildman–Crippen MR) is 100 cm³/mol. The molecule has 11 nitrogen and oxygen atoms in total. The lowest BCUT2D eigenvalue weighted by atomic mass is 9.96. The summed E-state index contributed by atoms with van der Waals surface area (Å²) in [5.41, 5.74) is 5.50. The molecule has 0 unspecified atom stereocenters. The molecular formula is C15H16N6O5S2. The summed E-state index contributed by atoms with van der Waals surface area (Å²) >= 11 is 2.39. The molecule has 3 rings (SSSR count). The number of hydrogen-bond acceptors (Lipinski definition) is 10. The van der Waals surface area contributed by atoms with Gasteiger partial charge in [0.05, 0.1) is 0 Å². The van der Waals surface area contributed by atoms with E-state index in [4.69, 9.17) is 15.8 Å². The topological polar surface area (TPSA) is 171 Å². The molecule has 1 aromatic heterocycles. The third-order valence-corrected chi connectivity index (χ3v) is 6.47. The van der Waals surface area contributed by atoms with Gasteiger partial charge in [-0.05, 0) is 13.8 Å². The highest BCUT2D eigenvalue weighted by atomic mass is 32.2. The van der Waals surface area contributed by atoms with E-state index in [2.05, 4.69) is 15.5 Å². The number of nitrogens with two attached hydrogens (primary N) is 1. The van der Waals surface area contributed by atoms with Crippen LogP contribution in [-0.2, 0) is 19.2 Å². The van der Waals surface area contributed by atoms with Crippen molar-refractivity contribution in [3.8, 4) is 6.07 Å². The minimum absolute atomic E-state index is 0.143. The first kappa shape index (κ1) is 19.9. The Balaban J connectivity index is 1.78. The van der Waals surface area contributed by atoms with E-state index in [1.165, 1.54) is 22.0 Å². The molecule has 0 aromatic carbocycles. The van der Waals surface area contributed by atoms with Crippen LogP contribution in [0.5, 0.6) is 0 Å². The lowest BCUT2D eigenvalue weighted by Gasteiger charge is -2.43. The second-order valence-corrected chi connectivity index (χ2v) is 9.15. The number of aromatic nitrogens is 1. The Labute approximate surface area is 167 Å². The molecule has 4 N–H and O–H groups in total.